The van der Waals surface area contributed by atoms with Gasteiger partial charge in [0.05, 0.1) is 34.0 Å². The van der Waals surface area contributed by atoms with Crippen LogP contribution in [0.25, 0.3) is 0 Å². The molecular weight excluding hydrogens is 358 g/mol. The van der Waals surface area contributed by atoms with Crippen LogP contribution in [0.4, 0.5) is 0 Å². The lowest BCUT2D eigenvalue weighted by molar-refractivity contribution is 0.0453. The number of benzene rings is 2. The minimum atomic E-state index is -0.185. The van der Waals surface area contributed by atoms with Crippen molar-refractivity contribution < 1.29 is 23.7 Å². The van der Waals surface area contributed by atoms with E-state index >= 15 is 0 Å². The summed E-state index contributed by atoms with van der Waals surface area (Å²) in [6.45, 7) is 6.63. The summed E-state index contributed by atoms with van der Waals surface area (Å²) in [6, 6.07) is 11.4. The van der Waals surface area contributed by atoms with E-state index in [0.29, 0.717) is 50.0 Å². The molecule has 0 aliphatic rings. The maximum absolute atomic E-state index is 12.6. The molecule has 2 rings (SSSR count). The van der Waals surface area contributed by atoms with E-state index in [0.717, 1.165) is 16.7 Å². The topological polar surface area (TPSA) is 66.0 Å². The molecule has 2 aromatic carbocycles. The number of nitrogens with one attached hydrogen (secondary N) is 1. The summed E-state index contributed by atoms with van der Waals surface area (Å²) in [6.07, 6.45) is 0. The van der Waals surface area contributed by atoms with Gasteiger partial charge in [-0.25, -0.2) is 0 Å². The summed E-state index contributed by atoms with van der Waals surface area (Å²) in [5, 5.41) is 2.94. The molecule has 0 heterocycles. The Hall–Kier alpha value is -2.57. The van der Waals surface area contributed by atoms with Gasteiger partial charge in [-0.05, 0) is 37.1 Å². The molecule has 6 nitrogen and oxygen atoms in total. The van der Waals surface area contributed by atoms with Gasteiger partial charge in [0.1, 0.15) is 11.5 Å². The van der Waals surface area contributed by atoms with E-state index in [1.54, 1.807) is 26.4 Å². The average Bonchev–Trinajstić information content (AvgIpc) is 2.72. The second-order valence-electron chi connectivity index (χ2n) is 6.26. The molecule has 0 saturated carbocycles. The van der Waals surface area contributed by atoms with Crippen molar-refractivity contribution in [3.63, 3.8) is 0 Å². The van der Waals surface area contributed by atoms with Crippen LogP contribution >= 0.6 is 0 Å². The molecule has 0 aliphatic carbocycles. The molecule has 0 bridgehead atoms. The molecule has 1 N–H and O–H groups in total. The highest BCUT2D eigenvalue weighted by molar-refractivity contribution is 5.95. The Morgan fingerprint density at radius 1 is 0.964 bits per heavy atom. The molecule has 0 radical (unpaired) electrons. The summed E-state index contributed by atoms with van der Waals surface area (Å²) < 4.78 is 21.5. The largest absolute Gasteiger partial charge is 0.496 e. The zero-order valence-electron chi connectivity index (χ0n) is 17.0. The van der Waals surface area contributed by atoms with Crippen LogP contribution in [0.5, 0.6) is 11.5 Å². The lowest BCUT2D eigenvalue weighted by Gasteiger charge is -2.13. The highest BCUT2D eigenvalue weighted by Crippen LogP contribution is 2.29. The van der Waals surface area contributed by atoms with Crippen molar-refractivity contribution in [3.8, 4) is 11.5 Å². The molecule has 1 amide bonds. The first-order chi connectivity index (χ1) is 13.6. The van der Waals surface area contributed by atoms with Crippen molar-refractivity contribution in [1.82, 2.24) is 5.32 Å². The van der Waals surface area contributed by atoms with Crippen molar-refractivity contribution in [3.05, 3.63) is 58.7 Å². The lowest BCUT2D eigenvalue weighted by Crippen LogP contribution is -2.23. The fraction of sp³-hybridized carbons (Fsp3) is 0.409. The van der Waals surface area contributed by atoms with Gasteiger partial charge in [0.15, 0.2) is 0 Å². The Bertz CT molecular complexity index is 750. The first-order valence-corrected chi connectivity index (χ1v) is 9.33. The van der Waals surface area contributed by atoms with Crippen molar-refractivity contribution >= 4 is 5.91 Å². The van der Waals surface area contributed by atoms with Crippen LogP contribution in [0.1, 0.15) is 34.0 Å². The van der Waals surface area contributed by atoms with Gasteiger partial charge in [0.2, 0.25) is 0 Å². The maximum atomic E-state index is 12.6. The monoisotopic (exact) mass is 387 g/mol. The van der Waals surface area contributed by atoms with Crippen molar-refractivity contribution in [2.75, 3.05) is 34.0 Å². The van der Waals surface area contributed by atoms with Crippen LogP contribution in [0, 0.1) is 6.92 Å². The quantitative estimate of drug-likeness (QED) is 0.598. The van der Waals surface area contributed by atoms with Crippen molar-refractivity contribution in [2.24, 2.45) is 0 Å². The number of carbonyl (C=O) groups is 1. The molecule has 0 unspecified atom stereocenters. The number of methoxy groups -OCH3 is 2. The predicted octanol–water partition coefficient (Wildman–Crippen LogP) is 3.50. The molecule has 0 spiro atoms. The van der Waals surface area contributed by atoms with Crippen molar-refractivity contribution in [1.29, 1.82) is 0 Å². The Morgan fingerprint density at radius 3 is 2.25 bits per heavy atom. The van der Waals surface area contributed by atoms with Gasteiger partial charge in [0, 0.05) is 24.3 Å². The number of hydrogen-bond donors (Lipinski definition) is 1. The second kappa shape index (κ2) is 11.3. The zero-order chi connectivity index (χ0) is 20.4. The molecule has 28 heavy (non-hydrogen) atoms. The average molecular weight is 387 g/mol. The maximum Gasteiger partial charge on any atom is 0.251 e. The summed E-state index contributed by atoms with van der Waals surface area (Å²) in [5.41, 5.74) is 3.42. The SMILES string of the molecule is CCOCCOCc1cccc(CNC(=O)c2cc(OC)c(C)c(OC)c2)c1. The minimum Gasteiger partial charge on any atom is -0.496 e. The third-order valence-electron chi connectivity index (χ3n) is 4.30. The van der Waals surface area contributed by atoms with E-state index < -0.39 is 0 Å². The zero-order valence-corrected chi connectivity index (χ0v) is 17.0. The molecule has 0 aliphatic heterocycles. The van der Waals surface area contributed by atoms with E-state index in [-0.39, 0.29) is 5.91 Å². The summed E-state index contributed by atoms with van der Waals surface area (Å²) in [4.78, 5) is 12.6. The van der Waals surface area contributed by atoms with E-state index in [9.17, 15) is 4.79 Å². The highest BCUT2D eigenvalue weighted by atomic mass is 16.5. The van der Waals surface area contributed by atoms with Gasteiger partial charge >= 0.3 is 0 Å². The van der Waals surface area contributed by atoms with Crippen LogP contribution in [0.3, 0.4) is 0 Å². The number of carbonyl (C=O) groups excluding carboxylic acids is 1. The molecule has 0 saturated heterocycles. The van der Waals surface area contributed by atoms with Crippen LogP contribution in [-0.4, -0.2) is 39.9 Å². The molecule has 2 aromatic rings. The van der Waals surface area contributed by atoms with Gasteiger partial charge in [-0.1, -0.05) is 24.3 Å². The molecule has 0 aromatic heterocycles. The molecule has 152 valence electrons. The molecule has 0 atom stereocenters. The van der Waals surface area contributed by atoms with Crippen LogP contribution < -0.4 is 14.8 Å². The number of amides is 1. The minimum absolute atomic E-state index is 0.185. The van der Waals surface area contributed by atoms with E-state index in [1.165, 1.54) is 0 Å². The van der Waals surface area contributed by atoms with Gasteiger partial charge in [-0.3, -0.25) is 4.79 Å². The van der Waals surface area contributed by atoms with E-state index in [2.05, 4.69) is 5.32 Å². The fourth-order valence-electron chi connectivity index (χ4n) is 2.78. The normalized spacial score (nSPS) is 10.6. The summed E-state index contributed by atoms with van der Waals surface area (Å²) in [7, 11) is 3.15. The second-order valence-corrected chi connectivity index (χ2v) is 6.26. The van der Waals surface area contributed by atoms with E-state index in [1.807, 2.05) is 38.1 Å². The molecule has 0 fully saturated rings. The third-order valence-corrected chi connectivity index (χ3v) is 4.30. The van der Waals surface area contributed by atoms with Crippen molar-refractivity contribution in [2.45, 2.75) is 27.0 Å². The summed E-state index contributed by atoms with van der Waals surface area (Å²) in [5.74, 6) is 1.06. The van der Waals surface area contributed by atoms with Crippen LogP contribution in [0.15, 0.2) is 36.4 Å². The molecular formula is C22H29NO5. The number of rotatable bonds is 11. The standard InChI is InChI=1S/C22H29NO5/c1-5-27-9-10-28-15-18-8-6-7-17(11-18)14-23-22(24)19-12-20(25-3)16(2)21(13-19)26-4/h6-8,11-13H,5,9-10,14-15H2,1-4H3,(H,23,24). The van der Waals surface area contributed by atoms with Gasteiger partial charge in [0.25, 0.3) is 5.91 Å². The van der Waals surface area contributed by atoms with Gasteiger partial charge < -0.3 is 24.3 Å². The molecule has 6 heteroatoms. The Morgan fingerprint density at radius 2 is 1.61 bits per heavy atom. The predicted molar refractivity (Wildman–Crippen MR) is 108 cm³/mol. The smallest absolute Gasteiger partial charge is 0.251 e. The van der Waals surface area contributed by atoms with Gasteiger partial charge in [-0.2, -0.15) is 0 Å². The Kier molecular flexibility index (Phi) is 8.78. The number of hydrogen-bond acceptors (Lipinski definition) is 5. The Labute approximate surface area is 166 Å². The fourth-order valence-corrected chi connectivity index (χ4v) is 2.78. The number of ether oxygens (including phenoxy) is 4. The van der Waals surface area contributed by atoms with Gasteiger partial charge in [-0.15, -0.1) is 0 Å². The third kappa shape index (κ3) is 6.25. The first kappa shape index (κ1) is 21.7. The lowest BCUT2D eigenvalue weighted by atomic mass is 10.1. The highest BCUT2D eigenvalue weighted by Gasteiger charge is 2.13. The Balaban J connectivity index is 1.95. The van der Waals surface area contributed by atoms with Crippen LogP contribution in [0.2, 0.25) is 0 Å². The van der Waals surface area contributed by atoms with Crippen LogP contribution in [-0.2, 0) is 22.6 Å². The van der Waals surface area contributed by atoms with E-state index in [4.69, 9.17) is 18.9 Å². The summed E-state index contributed by atoms with van der Waals surface area (Å²) >= 11 is 0. The first-order valence-electron chi connectivity index (χ1n) is 9.33.